The fourth-order valence-corrected chi connectivity index (χ4v) is 1.50. The summed E-state index contributed by atoms with van der Waals surface area (Å²) in [6.07, 6.45) is 0. The first kappa shape index (κ1) is 16.6. The number of rotatable bonds is 6. The average molecular weight is 299 g/mol. The molecule has 0 unspecified atom stereocenters. The molecule has 0 saturated heterocycles. The van der Waals surface area contributed by atoms with E-state index in [0.29, 0.717) is 5.56 Å². The van der Waals surface area contributed by atoms with Crippen molar-refractivity contribution in [2.24, 2.45) is 0 Å². The number of nitrogens with one attached hydrogen (secondary N) is 1. The van der Waals surface area contributed by atoms with Crippen molar-refractivity contribution >= 4 is 11.9 Å². The first-order valence-electron chi connectivity index (χ1n) is 6.04. The Morgan fingerprint density at radius 3 is 2.43 bits per heavy atom. The number of aliphatic carboxylic acids is 1. The number of para-hydroxylation sites is 1. The third-order valence-electron chi connectivity index (χ3n) is 2.85. The van der Waals surface area contributed by atoms with Crippen LogP contribution in [0.3, 0.4) is 0 Å². The predicted molar refractivity (Wildman–Crippen MR) is 70.9 cm³/mol. The van der Waals surface area contributed by atoms with Gasteiger partial charge in [-0.15, -0.1) is 0 Å². The summed E-state index contributed by atoms with van der Waals surface area (Å²) >= 11 is 0. The summed E-state index contributed by atoms with van der Waals surface area (Å²) in [5.74, 6) is -1.81. The molecular weight excluding hydrogens is 284 g/mol. The molecule has 2 N–H and O–H groups in total. The molecule has 0 atom stereocenters. The Balaban J connectivity index is 2.78. The highest BCUT2D eigenvalue weighted by atomic mass is 19.3. The van der Waals surface area contributed by atoms with Gasteiger partial charge in [-0.05, 0) is 19.9 Å². The first-order chi connectivity index (χ1) is 9.82. The number of carboxylic acids is 1. The van der Waals surface area contributed by atoms with E-state index in [2.05, 4.69) is 10.1 Å². The van der Waals surface area contributed by atoms with Crippen LogP contribution in [0.1, 0.15) is 19.4 Å². The summed E-state index contributed by atoms with van der Waals surface area (Å²) in [5.41, 5.74) is 0.339. The Hall–Kier alpha value is -2.44. The molecule has 5 nitrogen and oxygen atoms in total. The van der Waals surface area contributed by atoms with Crippen molar-refractivity contribution in [3.63, 3.8) is 0 Å². The molecule has 0 fully saturated rings. The number of carbonyl (C=O) groups excluding carboxylic acids is 1. The van der Waals surface area contributed by atoms with Crippen LogP contribution in [0.2, 0.25) is 0 Å². The normalized spacial score (nSPS) is 11.9. The number of alkyl halides is 2. The number of hydrogen-bond acceptors (Lipinski definition) is 3. The second-order valence-corrected chi connectivity index (χ2v) is 4.22. The van der Waals surface area contributed by atoms with Gasteiger partial charge in [-0.3, -0.25) is 4.79 Å². The molecule has 0 saturated carbocycles. The molecule has 0 aromatic heterocycles. The van der Waals surface area contributed by atoms with Crippen LogP contribution in [0.4, 0.5) is 8.78 Å². The number of carbonyl (C=O) groups is 2. The smallest absolute Gasteiger partial charge is 0.387 e. The molecule has 0 bridgehead atoms. The number of hydrogen-bond donors (Lipinski definition) is 2. The largest absolute Gasteiger partial charge is 0.478 e. The van der Waals surface area contributed by atoms with Crippen LogP contribution in [0, 0.1) is 0 Å². The lowest BCUT2D eigenvalue weighted by atomic mass is 10.1. The topological polar surface area (TPSA) is 75.6 Å². The van der Waals surface area contributed by atoms with E-state index in [1.54, 1.807) is 6.07 Å². The number of amides is 1. The molecule has 0 heterocycles. The van der Waals surface area contributed by atoms with E-state index >= 15 is 0 Å². The van der Waals surface area contributed by atoms with Crippen LogP contribution in [0.5, 0.6) is 5.75 Å². The van der Waals surface area contributed by atoms with Crippen molar-refractivity contribution in [1.82, 2.24) is 5.32 Å². The van der Waals surface area contributed by atoms with Gasteiger partial charge in [-0.2, -0.15) is 8.78 Å². The van der Waals surface area contributed by atoms with Crippen molar-refractivity contribution in [1.29, 1.82) is 0 Å². The van der Waals surface area contributed by atoms with Crippen LogP contribution in [0.15, 0.2) is 35.4 Å². The lowest BCUT2D eigenvalue weighted by Crippen LogP contribution is -2.25. The third-order valence-corrected chi connectivity index (χ3v) is 2.85. The van der Waals surface area contributed by atoms with E-state index in [4.69, 9.17) is 5.11 Å². The van der Waals surface area contributed by atoms with Gasteiger partial charge in [-0.1, -0.05) is 18.2 Å². The minimum atomic E-state index is -2.96. The van der Waals surface area contributed by atoms with Gasteiger partial charge in [0.15, 0.2) is 0 Å². The molecular formula is C14H15F2NO4. The van der Waals surface area contributed by atoms with Crippen molar-refractivity contribution in [2.75, 3.05) is 0 Å². The number of halogens is 2. The van der Waals surface area contributed by atoms with Crippen molar-refractivity contribution in [2.45, 2.75) is 27.0 Å². The van der Waals surface area contributed by atoms with E-state index in [1.807, 2.05) is 0 Å². The van der Waals surface area contributed by atoms with Gasteiger partial charge >= 0.3 is 12.6 Å². The van der Waals surface area contributed by atoms with Crippen LogP contribution in [0.25, 0.3) is 0 Å². The number of carboxylic acid groups (broad SMARTS) is 1. The van der Waals surface area contributed by atoms with Gasteiger partial charge in [-0.25, -0.2) is 4.79 Å². The van der Waals surface area contributed by atoms with Crippen molar-refractivity contribution in [3.8, 4) is 5.75 Å². The fraction of sp³-hybridized carbons (Fsp3) is 0.286. The lowest BCUT2D eigenvalue weighted by molar-refractivity contribution is -0.133. The average Bonchev–Trinajstić information content (AvgIpc) is 2.43. The SMILES string of the molecule is CC(C(=O)O)=C(C)C(=O)NCc1ccccc1OC(F)F. The maximum absolute atomic E-state index is 12.2. The van der Waals surface area contributed by atoms with E-state index in [1.165, 1.54) is 32.0 Å². The Morgan fingerprint density at radius 1 is 1.24 bits per heavy atom. The summed E-state index contributed by atoms with van der Waals surface area (Å²) in [7, 11) is 0. The van der Waals surface area contributed by atoms with Crippen LogP contribution in [-0.4, -0.2) is 23.6 Å². The van der Waals surface area contributed by atoms with Gasteiger partial charge in [0, 0.05) is 23.3 Å². The zero-order valence-electron chi connectivity index (χ0n) is 11.5. The zero-order valence-corrected chi connectivity index (χ0v) is 11.5. The maximum atomic E-state index is 12.2. The lowest BCUT2D eigenvalue weighted by Gasteiger charge is -2.12. The maximum Gasteiger partial charge on any atom is 0.387 e. The number of benzene rings is 1. The van der Waals surface area contributed by atoms with Gasteiger partial charge in [0.2, 0.25) is 5.91 Å². The molecule has 0 aliphatic rings. The van der Waals surface area contributed by atoms with E-state index in [0.717, 1.165) is 0 Å². The number of ether oxygens (including phenoxy) is 1. The highest BCUT2D eigenvalue weighted by Gasteiger charge is 2.14. The molecule has 1 amide bonds. The van der Waals surface area contributed by atoms with Gasteiger partial charge in [0.05, 0.1) is 0 Å². The Labute approximate surface area is 120 Å². The third kappa shape index (κ3) is 4.87. The van der Waals surface area contributed by atoms with Gasteiger partial charge in [0.1, 0.15) is 5.75 Å². The fourth-order valence-electron chi connectivity index (χ4n) is 1.50. The minimum absolute atomic E-state index is 0.0376. The van der Waals surface area contributed by atoms with Crippen molar-refractivity contribution in [3.05, 3.63) is 41.0 Å². The van der Waals surface area contributed by atoms with E-state index in [9.17, 15) is 18.4 Å². The minimum Gasteiger partial charge on any atom is -0.478 e. The van der Waals surface area contributed by atoms with Crippen LogP contribution in [-0.2, 0) is 16.1 Å². The summed E-state index contributed by atoms with van der Waals surface area (Å²) in [4.78, 5) is 22.5. The molecule has 114 valence electrons. The van der Waals surface area contributed by atoms with Crippen molar-refractivity contribution < 1.29 is 28.2 Å². The monoisotopic (exact) mass is 299 g/mol. The summed E-state index contributed by atoms with van der Waals surface area (Å²) in [6.45, 7) is -0.324. The van der Waals surface area contributed by atoms with Gasteiger partial charge < -0.3 is 15.2 Å². The zero-order chi connectivity index (χ0) is 16.0. The molecule has 1 aromatic carbocycles. The molecule has 7 heteroatoms. The molecule has 0 aliphatic carbocycles. The van der Waals surface area contributed by atoms with E-state index < -0.39 is 18.5 Å². The molecule has 0 aliphatic heterocycles. The molecule has 0 spiro atoms. The molecule has 1 rings (SSSR count). The summed E-state index contributed by atoms with van der Waals surface area (Å²) < 4.78 is 28.8. The first-order valence-corrected chi connectivity index (χ1v) is 6.04. The molecule has 0 radical (unpaired) electrons. The second kappa shape index (κ2) is 7.37. The Morgan fingerprint density at radius 2 is 1.86 bits per heavy atom. The quantitative estimate of drug-likeness (QED) is 0.790. The van der Waals surface area contributed by atoms with Crippen LogP contribution < -0.4 is 10.1 Å². The Kier molecular flexibility index (Phi) is 5.83. The summed E-state index contributed by atoms with van der Waals surface area (Å²) in [5, 5.41) is 11.3. The highest BCUT2D eigenvalue weighted by Crippen LogP contribution is 2.20. The second-order valence-electron chi connectivity index (χ2n) is 4.22. The predicted octanol–water partition coefficient (Wildman–Crippen LogP) is 2.33. The molecule has 1 aromatic rings. The molecule has 21 heavy (non-hydrogen) atoms. The van der Waals surface area contributed by atoms with E-state index in [-0.39, 0.29) is 23.4 Å². The van der Waals surface area contributed by atoms with Gasteiger partial charge in [0.25, 0.3) is 0 Å². The summed E-state index contributed by atoms with van der Waals surface area (Å²) in [6, 6.07) is 6.04. The standard InChI is InChI=1S/C14H15F2NO4/c1-8(9(2)13(19)20)12(18)17-7-10-5-3-4-6-11(10)21-14(15)16/h3-6,14H,7H2,1-2H3,(H,17,18)(H,19,20). The van der Waals surface area contributed by atoms with Crippen LogP contribution >= 0.6 is 0 Å². The Bertz CT molecular complexity index is 570. The highest BCUT2D eigenvalue weighted by molar-refractivity contribution is 6.01.